The summed E-state index contributed by atoms with van der Waals surface area (Å²) >= 11 is 0. The van der Waals surface area contributed by atoms with Crippen LogP contribution in [0.4, 0.5) is 0 Å². The summed E-state index contributed by atoms with van der Waals surface area (Å²) in [6.07, 6.45) is 17.1. The summed E-state index contributed by atoms with van der Waals surface area (Å²) in [6.45, 7) is 0.466. The Morgan fingerprint density at radius 3 is 2.90 bits per heavy atom. The van der Waals surface area contributed by atoms with E-state index < -0.39 is 0 Å². The van der Waals surface area contributed by atoms with Crippen molar-refractivity contribution in [1.29, 1.82) is 0 Å². The van der Waals surface area contributed by atoms with Crippen LogP contribution in [0.15, 0.2) is 77.3 Å². The molecule has 0 saturated carbocycles. The maximum Gasteiger partial charge on any atom is 0.133 e. The van der Waals surface area contributed by atoms with Crippen molar-refractivity contribution in [3.05, 3.63) is 72.9 Å². The van der Waals surface area contributed by atoms with Gasteiger partial charge in [0.1, 0.15) is 31.2 Å². The molecule has 0 fully saturated rings. The van der Waals surface area contributed by atoms with Crippen molar-refractivity contribution in [1.82, 2.24) is 0 Å². The molecule has 1 aromatic rings. The van der Waals surface area contributed by atoms with Gasteiger partial charge >= 0.3 is 0 Å². The van der Waals surface area contributed by atoms with Gasteiger partial charge in [-0.3, -0.25) is 0 Å². The summed E-state index contributed by atoms with van der Waals surface area (Å²) in [6, 6.07) is 7.71. The first-order chi connectivity index (χ1) is 10.5. The Morgan fingerprint density at radius 1 is 0.952 bits per heavy atom. The number of ether oxygens (including phenoxy) is 2. The van der Waals surface area contributed by atoms with Crippen LogP contribution in [0.25, 0.3) is 6.08 Å². The van der Waals surface area contributed by atoms with Crippen LogP contribution in [-0.4, -0.2) is 19.2 Å². The molecule has 1 aliphatic rings. The summed E-state index contributed by atoms with van der Waals surface area (Å²) in [4.78, 5) is 8.03. The van der Waals surface area contributed by atoms with Crippen LogP contribution in [0.1, 0.15) is 5.56 Å². The molecule has 2 rings (SSSR count). The van der Waals surface area contributed by atoms with E-state index in [1.54, 1.807) is 18.5 Å². The van der Waals surface area contributed by atoms with Crippen LogP contribution in [0.2, 0.25) is 0 Å². The van der Waals surface area contributed by atoms with Crippen molar-refractivity contribution in [3.63, 3.8) is 0 Å². The maximum absolute atomic E-state index is 5.55. The normalized spacial score (nSPS) is 15.0. The first-order valence-electron chi connectivity index (χ1n) is 6.52. The molecule has 0 radical (unpaired) electrons. The highest BCUT2D eigenvalue weighted by atomic mass is 16.5. The molecule has 4 heteroatoms. The monoisotopic (exact) mass is 280 g/mol. The highest BCUT2D eigenvalue weighted by Gasteiger charge is 1.96. The van der Waals surface area contributed by atoms with Gasteiger partial charge in [0.05, 0.1) is 0 Å². The largest absolute Gasteiger partial charge is 0.494 e. The molecule has 0 atom stereocenters. The molecule has 1 aromatic carbocycles. The van der Waals surface area contributed by atoms with E-state index >= 15 is 0 Å². The second-order valence-corrected chi connectivity index (χ2v) is 3.95. The summed E-state index contributed by atoms with van der Waals surface area (Å²) in [5.74, 6) is 0.747. The van der Waals surface area contributed by atoms with Gasteiger partial charge in [-0.1, -0.05) is 24.3 Å². The van der Waals surface area contributed by atoms with Crippen molar-refractivity contribution in [2.24, 2.45) is 9.98 Å². The molecule has 0 aromatic heterocycles. The Hall–Kier alpha value is -2.88. The van der Waals surface area contributed by atoms with Gasteiger partial charge in [0.2, 0.25) is 0 Å². The minimum Gasteiger partial charge on any atom is -0.494 e. The summed E-state index contributed by atoms with van der Waals surface area (Å²) in [7, 11) is 0. The molecule has 0 unspecified atom stereocenters. The Morgan fingerprint density at radius 2 is 1.90 bits per heavy atom. The van der Waals surface area contributed by atoms with Crippen LogP contribution < -0.4 is 4.74 Å². The van der Waals surface area contributed by atoms with Gasteiger partial charge in [0.15, 0.2) is 0 Å². The minimum atomic E-state index is 0.466. The smallest absolute Gasteiger partial charge is 0.133 e. The van der Waals surface area contributed by atoms with Crippen molar-refractivity contribution in [2.45, 2.75) is 0 Å². The Balaban J connectivity index is 2.15. The second-order valence-electron chi connectivity index (χ2n) is 3.95. The number of allylic oxidation sites excluding steroid dienone is 3. The van der Waals surface area contributed by atoms with Gasteiger partial charge in [-0.25, -0.2) is 9.98 Å². The van der Waals surface area contributed by atoms with Gasteiger partial charge in [-0.05, 0) is 30.4 Å². The van der Waals surface area contributed by atoms with Crippen LogP contribution in [0, 0.1) is 0 Å². The third-order valence-corrected chi connectivity index (χ3v) is 2.46. The molecule has 4 nitrogen and oxygen atoms in total. The van der Waals surface area contributed by atoms with E-state index in [1.165, 1.54) is 18.9 Å². The molecule has 106 valence electrons. The number of hydrogen-bond donors (Lipinski definition) is 0. The quantitative estimate of drug-likeness (QED) is 0.726. The number of para-hydroxylation sites is 1. The number of nitrogens with zero attached hydrogens (tertiary/aromatic N) is 2. The molecule has 0 saturated heterocycles. The van der Waals surface area contributed by atoms with Crippen molar-refractivity contribution < 1.29 is 9.47 Å². The highest BCUT2D eigenvalue weighted by molar-refractivity contribution is 5.84. The van der Waals surface area contributed by atoms with E-state index in [0.717, 1.165) is 11.3 Å². The van der Waals surface area contributed by atoms with E-state index in [9.17, 15) is 0 Å². The third-order valence-electron chi connectivity index (χ3n) is 2.46. The fraction of sp³-hybridized carbons (Fsp3) is 0.0588. The average Bonchev–Trinajstić information content (AvgIpc) is 2.52. The second kappa shape index (κ2) is 9.09. The Kier molecular flexibility index (Phi) is 6.29. The number of hydrogen-bond acceptors (Lipinski definition) is 4. The molecule has 0 bridgehead atoms. The topological polar surface area (TPSA) is 43.2 Å². The van der Waals surface area contributed by atoms with Crippen LogP contribution >= 0.6 is 0 Å². The third kappa shape index (κ3) is 5.74. The minimum absolute atomic E-state index is 0.466. The molecule has 1 aliphatic heterocycles. The molecule has 1 heterocycles. The predicted molar refractivity (Wildman–Crippen MR) is 86.5 cm³/mol. The molecule has 0 amide bonds. The lowest BCUT2D eigenvalue weighted by atomic mass is 10.2. The summed E-state index contributed by atoms with van der Waals surface area (Å²) in [5.41, 5.74) is 0.953. The lowest BCUT2D eigenvalue weighted by Crippen LogP contribution is -1.87. The van der Waals surface area contributed by atoms with Gasteiger partial charge < -0.3 is 9.47 Å². The maximum atomic E-state index is 5.55. The van der Waals surface area contributed by atoms with E-state index in [0.29, 0.717) is 6.61 Å². The summed E-state index contributed by atoms with van der Waals surface area (Å²) in [5, 5.41) is 0. The van der Waals surface area contributed by atoms with Gasteiger partial charge in [-0.2, -0.15) is 0 Å². The highest BCUT2D eigenvalue weighted by Crippen LogP contribution is 2.19. The fourth-order valence-corrected chi connectivity index (χ4v) is 1.52. The first kappa shape index (κ1) is 14.5. The Bertz CT molecular complexity index is 611. The van der Waals surface area contributed by atoms with E-state index in [4.69, 9.17) is 9.47 Å². The number of rotatable bonds is 0. The van der Waals surface area contributed by atoms with Gasteiger partial charge in [-0.15, -0.1) is 0 Å². The zero-order chi connectivity index (χ0) is 14.6. The standard InChI is InChI=1S/C17H16N2O2/c1-4-10-18-15-19-11-6-8-16-7-2-3-9-17(16)21-14-13-20-12-5-1/h1-11,13-15H,12H2. The molecule has 21 heavy (non-hydrogen) atoms. The van der Waals surface area contributed by atoms with E-state index in [2.05, 4.69) is 9.98 Å². The van der Waals surface area contributed by atoms with Crippen molar-refractivity contribution in [3.8, 4) is 5.75 Å². The van der Waals surface area contributed by atoms with Gasteiger partial charge in [0.25, 0.3) is 0 Å². The zero-order valence-corrected chi connectivity index (χ0v) is 11.5. The lowest BCUT2D eigenvalue weighted by Gasteiger charge is -2.04. The molecule has 0 N–H and O–H groups in total. The predicted octanol–water partition coefficient (Wildman–Crippen LogP) is 3.75. The molecule has 0 aliphatic carbocycles. The van der Waals surface area contributed by atoms with E-state index in [1.807, 2.05) is 48.6 Å². The number of aliphatic imine (C=N–C) groups is 2. The van der Waals surface area contributed by atoms with Crippen LogP contribution in [0.3, 0.4) is 0 Å². The van der Waals surface area contributed by atoms with Crippen LogP contribution in [-0.2, 0) is 4.74 Å². The first-order valence-corrected chi connectivity index (χ1v) is 6.52. The average molecular weight is 280 g/mol. The lowest BCUT2D eigenvalue weighted by molar-refractivity contribution is 0.277. The van der Waals surface area contributed by atoms with E-state index in [-0.39, 0.29) is 0 Å². The Labute approximate surface area is 124 Å². The molecular formula is C17H16N2O2. The fourth-order valence-electron chi connectivity index (χ4n) is 1.52. The van der Waals surface area contributed by atoms with Crippen molar-refractivity contribution >= 4 is 18.6 Å². The van der Waals surface area contributed by atoms with Crippen molar-refractivity contribution in [2.75, 3.05) is 6.61 Å². The number of fused-ring (bicyclic) bond motifs is 1. The molecule has 0 spiro atoms. The zero-order valence-electron chi connectivity index (χ0n) is 11.5. The van der Waals surface area contributed by atoms with Gasteiger partial charge in [0, 0.05) is 18.0 Å². The SMILES string of the molecule is C1=CCOC=COc2ccccc2C=CC=NC=NC=C1. The molecular weight excluding hydrogens is 264 g/mol. The van der Waals surface area contributed by atoms with Crippen LogP contribution in [0.5, 0.6) is 5.75 Å². The number of benzene rings is 1. The summed E-state index contributed by atoms with van der Waals surface area (Å²) < 4.78 is 10.8.